The molecule has 0 radical (unpaired) electrons. The van der Waals surface area contributed by atoms with E-state index in [0.29, 0.717) is 0 Å². The SMILES string of the molecule is C=C.CC(N)N.[NaH]. The van der Waals surface area contributed by atoms with E-state index in [1.165, 1.54) is 0 Å². The molecule has 0 atom stereocenters. The van der Waals surface area contributed by atoms with E-state index >= 15 is 0 Å². The summed E-state index contributed by atoms with van der Waals surface area (Å²) in [7, 11) is 0. The van der Waals surface area contributed by atoms with Crippen molar-refractivity contribution in [2.24, 2.45) is 11.5 Å². The molecule has 0 fully saturated rings. The first-order valence-electron chi connectivity index (χ1n) is 1.74. The minimum atomic E-state index is -0.167. The van der Waals surface area contributed by atoms with Crippen LogP contribution < -0.4 is 11.5 Å². The first-order chi connectivity index (χ1) is 2.73. The number of hydrogen-bond donors (Lipinski definition) is 2. The quantitative estimate of drug-likeness (QED) is 0.250. The molecular formula is C4H13N2Na. The molecule has 0 rings (SSSR count). The zero-order valence-electron chi connectivity index (χ0n) is 4.15. The first kappa shape index (κ1) is 15.6. The van der Waals surface area contributed by atoms with E-state index in [9.17, 15) is 0 Å². The van der Waals surface area contributed by atoms with Gasteiger partial charge in [-0.1, -0.05) is 0 Å². The summed E-state index contributed by atoms with van der Waals surface area (Å²) >= 11 is 0. The second-order valence-corrected chi connectivity index (χ2v) is 0.859. The van der Waals surface area contributed by atoms with Crippen molar-refractivity contribution in [3.05, 3.63) is 13.2 Å². The summed E-state index contributed by atoms with van der Waals surface area (Å²) in [5.41, 5.74) is 9.78. The summed E-state index contributed by atoms with van der Waals surface area (Å²) in [4.78, 5) is 0. The van der Waals surface area contributed by atoms with Gasteiger partial charge in [-0.2, -0.15) is 0 Å². The van der Waals surface area contributed by atoms with E-state index < -0.39 is 0 Å². The van der Waals surface area contributed by atoms with Gasteiger partial charge in [-0.15, -0.1) is 13.2 Å². The van der Waals surface area contributed by atoms with Crippen LogP contribution in [-0.2, 0) is 0 Å². The fourth-order valence-corrected chi connectivity index (χ4v) is 0. The van der Waals surface area contributed by atoms with Gasteiger partial charge in [0, 0.05) is 6.17 Å². The molecule has 0 unspecified atom stereocenters. The van der Waals surface area contributed by atoms with Crippen LogP contribution in [0.5, 0.6) is 0 Å². The van der Waals surface area contributed by atoms with E-state index in [1.54, 1.807) is 6.92 Å². The average molecular weight is 112 g/mol. The zero-order valence-corrected chi connectivity index (χ0v) is 4.15. The van der Waals surface area contributed by atoms with Crippen LogP contribution in [0.15, 0.2) is 13.2 Å². The molecule has 0 aromatic rings. The molecule has 0 aromatic heterocycles. The summed E-state index contributed by atoms with van der Waals surface area (Å²) in [6.45, 7) is 7.72. The Morgan fingerprint density at radius 1 is 1.29 bits per heavy atom. The summed E-state index contributed by atoms with van der Waals surface area (Å²) in [5, 5.41) is 0. The predicted molar refractivity (Wildman–Crippen MR) is 36.2 cm³/mol. The van der Waals surface area contributed by atoms with Gasteiger partial charge in [0.2, 0.25) is 0 Å². The van der Waals surface area contributed by atoms with Gasteiger partial charge < -0.3 is 11.5 Å². The Morgan fingerprint density at radius 3 is 1.29 bits per heavy atom. The fourth-order valence-electron chi connectivity index (χ4n) is 0. The number of hydrogen-bond acceptors (Lipinski definition) is 2. The van der Waals surface area contributed by atoms with Crippen LogP contribution in [-0.4, -0.2) is 35.7 Å². The summed E-state index contributed by atoms with van der Waals surface area (Å²) in [5.74, 6) is 0. The molecule has 0 aliphatic rings. The minimum absolute atomic E-state index is 0. The fraction of sp³-hybridized carbons (Fsp3) is 0.500. The van der Waals surface area contributed by atoms with Gasteiger partial charge in [-0.3, -0.25) is 0 Å². The number of rotatable bonds is 0. The van der Waals surface area contributed by atoms with Gasteiger partial charge in [-0.05, 0) is 6.92 Å². The van der Waals surface area contributed by atoms with Crippen LogP contribution in [0.1, 0.15) is 6.92 Å². The van der Waals surface area contributed by atoms with E-state index in [-0.39, 0.29) is 35.7 Å². The normalized spacial score (nSPS) is 5.71. The Balaban J connectivity index is -0.0000000480. The monoisotopic (exact) mass is 112 g/mol. The molecule has 3 heteroatoms. The third-order valence-corrected chi connectivity index (χ3v) is 0. The molecule has 2 nitrogen and oxygen atoms in total. The summed E-state index contributed by atoms with van der Waals surface area (Å²) in [6.07, 6.45) is -0.167. The van der Waals surface area contributed by atoms with Gasteiger partial charge in [0.15, 0.2) is 0 Å². The van der Waals surface area contributed by atoms with Gasteiger partial charge in [0.05, 0.1) is 0 Å². The Bertz CT molecular complexity index is 20.9. The van der Waals surface area contributed by atoms with Crippen molar-refractivity contribution in [1.82, 2.24) is 0 Å². The molecule has 7 heavy (non-hydrogen) atoms. The molecule has 40 valence electrons. The van der Waals surface area contributed by atoms with E-state index in [1.807, 2.05) is 0 Å². The van der Waals surface area contributed by atoms with Crippen molar-refractivity contribution in [1.29, 1.82) is 0 Å². The summed E-state index contributed by atoms with van der Waals surface area (Å²) < 4.78 is 0. The molecule has 0 aliphatic carbocycles. The van der Waals surface area contributed by atoms with Crippen LogP contribution in [0.25, 0.3) is 0 Å². The van der Waals surface area contributed by atoms with Gasteiger partial charge in [0.1, 0.15) is 0 Å². The van der Waals surface area contributed by atoms with Crippen molar-refractivity contribution < 1.29 is 0 Å². The van der Waals surface area contributed by atoms with Gasteiger partial charge >= 0.3 is 29.6 Å². The van der Waals surface area contributed by atoms with Crippen molar-refractivity contribution in [2.75, 3.05) is 0 Å². The molecule has 4 N–H and O–H groups in total. The Hall–Kier alpha value is 0.660. The number of nitrogens with two attached hydrogens (primary N) is 2. The third-order valence-electron chi connectivity index (χ3n) is 0. The second kappa shape index (κ2) is 15.9. The van der Waals surface area contributed by atoms with E-state index in [0.717, 1.165) is 0 Å². The maximum atomic E-state index is 4.89. The van der Waals surface area contributed by atoms with Crippen molar-refractivity contribution in [3.63, 3.8) is 0 Å². The molecule has 0 aromatic carbocycles. The van der Waals surface area contributed by atoms with Crippen LogP contribution in [0.2, 0.25) is 0 Å². The van der Waals surface area contributed by atoms with Crippen LogP contribution in [0.4, 0.5) is 0 Å². The van der Waals surface area contributed by atoms with E-state index in [2.05, 4.69) is 13.2 Å². The Kier molecular flexibility index (Phi) is 35.6. The molecule has 0 spiro atoms. The molecule has 0 heterocycles. The molecular weight excluding hydrogens is 99.0 g/mol. The molecule has 0 saturated heterocycles. The maximum absolute atomic E-state index is 4.89. The predicted octanol–water partition coefficient (Wildman–Crippen LogP) is -0.596. The average Bonchev–Trinajstić information content (AvgIpc) is 1.41. The summed E-state index contributed by atoms with van der Waals surface area (Å²) in [6, 6.07) is 0. The van der Waals surface area contributed by atoms with E-state index in [4.69, 9.17) is 11.5 Å². The van der Waals surface area contributed by atoms with Gasteiger partial charge in [0.25, 0.3) is 0 Å². The van der Waals surface area contributed by atoms with Crippen molar-refractivity contribution >= 4 is 29.6 Å². The third kappa shape index (κ3) is 332. The molecule has 0 saturated carbocycles. The van der Waals surface area contributed by atoms with Crippen LogP contribution >= 0.6 is 0 Å². The Morgan fingerprint density at radius 2 is 1.29 bits per heavy atom. The topological polar surface area (TPSA) is 52.0 Å². The molecule has 0 aliphatic heterocycles. The van der Waals surface area contributed by atoms with Crippen molar-refractivity contribution in [3.8, 4) is 0 Å². The molecule has 0 bridgehead atoms. The van der Waals surface area contributed by atoms with Crippen molar-refractivity contribution in [2.45, 2.75) is 13.1 Å². The van der Waals surface area contributed by atoms with Crippen LogP contribution in [0.3, 0.4) is 0 Å². The molecule has 0 amide bonds. The van der Waals surface area contributed by atoms with Crippen LogP contribution in [0, 0.1) is 0 Å². The first-order valence-corrected chi connectivity index (χ1v) is 1.74. The Labute approximate surface area is 67.2 Å². The standard InChI is InChI=1S/C2H8N2.C2H4.Na.H/c1-2(3)4;1-2;;/h2H,3-4H2,1H3;1-2H2;;. The second-order valence-electron chi connectivity index (χ2n) is 0.859. The van der Waals surface area contributed by atoms with Gasteiger partial charge in [-0.25, -0.2) is 0 Å². The zero-order chi connectivity index (χ0) is 5.58.